The van der Waals surface area contributed by atoms with E-state index in [9.17, 15) is 0 Å². The molecule has 0 radical (unpaired) electrons. The van der Waals surface area contributed by atoms with Crippen molar-refractivity contribution in [1.29, 1.82) is 0 Å². The van der Waals surface area contributed by atoms with Gasteiger partial charge in [-0.05, 0) is 45.8 Å². The van der Waals surface area contributed by atoms with E-state index in [1.165, 1.54) is 0 Å². The second-order valence-corrected chi connectivity index (χ2v) is 5.94. The van der Waals surface area contributed by atoms with E-state index in [-0.39, 0.29) is 0 Å². The lowest BCUT2D eigenvalue weighted by atomic mass is 10.2. The minimum Gasteiger partial charge on any atom is -0.496 e. The molecule has 0 unspecified atom stereocenters. The van der Waals surface area contributed by atoms with Crippen molar-refractivity contribution >= 4 is 39.1 Å². The van der Waals surface area contributed by atoms with Crippen molar-refractivity contribution in [3.63, 3.8) is 0 Å². The summed E-state index contributed by atoms with van der Waals surface area (Å²) in [5.74, 6) is 0.794. The fourth-order valence-corrected chi connectivity index (χ4v) is 2.66. The predicted octanol–water partition coefficient (Wildman–Crippen LogP) is 5.05. The molecule has 20 heavy (non-hydrogen) atoms. The molecule has 0 saturated heterocycles. The van der Waals surface area contributed by atoms with Gasteiger partial charge in [0.15, 0.2) is 0 Å². The first-order chi connectivity index (χ1) is 9.61. The Bertz CT molecular complexity index is 604. The van der Waals surface area contributed by atoms with Crippen molar-refractivity contribution in [1.82, 2.24) is 5.32 Å². The van der Waals surface area contributed by atoms with Crippen LogP contribution in [0.1, 0.15) is 11.1 Å². The van der Waals surface area contributed by atoms with Crippen molar-refractivity contribution < 1.29 is 4.74 Å². The topological polar surface area (TPSA) is 21.3 Å². The lowest BCUT2D eigenvalue weighted by molar-refractivity contribution is 0.407. The fourth-order valence-electron chi connectivity index (χ4n) is 1.88. The second kappa shape index (κ2) is 7.32. The van der Waals surface area contributed by atoms with E-state index in [1.54, 1.807) is 7.11 Å². The molecule has 2 rings (SSSR count). The monoisotopic (exact) mass is 373 g/mol. The van der Waals surface area contributed by atoms with Crippen LogP contribution in [0, 0.1) is 0 Å². The first-order valence-electron chi connectivity index (χ1n) is 6.08. The van der Waals surface area contributed by atoms with Crippen LogP contribution < -0.4 is 10.1 Å². The summed E-state index contributed by atoms with van der Waals surface area (Å²) in [5.41, 5.74) is 2.11. The van der Waals surface area contributed by atoms with Crippen LogP contribution in [0.3, 0.4) is 0 Å². The number of nitrogens with one attached hydrogen (secondary N) is 1. The highest BCUT2D eigenvalue weighted by Gasteiger charge is 2.07. The smallest absolute Gasteiger partial charge is 0.124 e. The zero-order chi connectivity index (χ0) is 14.5. The SMILES string of the molecule is COc1cccc(Cl)c1CNCc1ccc(Cl)c(Br)c1. The van der Waals surface area contributed by atoms with Crippen molar-refractivity contribution in [2.75, 3.05) is 7.11 Å². The predicted molar refractivity (Wildman–Crippen MR) is 87.7 cm³/mol. The fraction of sp³-hybridized carbons (Fsp3) is 0.200. The van der Waals surface area contributed by atoms with Crippen molar-refractivity contribution in [2.45, 2.75) is 13.1 Å². The minimum absolute atomic E-state index is 0.642. The molecule has 106 valence electrons. The standard InChI is InChI=1S/C15H14BrCl2NO/c1-20-15-4-2-3-13(17)11(15)9-19-8-10-5-6-14(18)12(16)7-10/h2-7,19H,8-9H2,1H3. The zero-order valence-corrected chi connectivity index (χ0v) is 14.0. The second-order valence-electron chi connectivity index (χ2n) is 4.27. The molecule has 2 aromatic carbocycles. The van der Waals surface area contributed by atoms with Crippen LogP contribution in [0.5, 0.6) is 5.75 Å². The Morgan fingerprint density at radius 2 is 1.90 bits per heavy atom. The van der Waals surface area contributed by atoms with E-state index in [0.717, 1.165) is 27.9 Å². The van der Waals surface area contributed by atoms with E-state index in [0.29, 0.717) is 16.6 Å². The Kier molecular flexibility index (Phi) is 5.73. The van der Waals surface area contributed by atoms with E-state index in [4.69, 9.17) is 27.9 Å². The van der Waals surface area contributed by atoms with Crippen LogP contribution in [-0.2, 0) is 13.1 Å². The normalized spacial score (nSPS) is 10.6. The molecule has 0 aliphatic rings. The van der Waals surface area contributed by atoms with Crippen molar-refractivity contribution in [3.8, 4) is 5.75 Å². The Balaban J connectivity index is 2.01. The molecule has 2 nitrogen and oxygen atoms in total. The highest BCUT2D eigenvalue weighted by molar-refractivity contribution is 9.10. The molecule has 0 aliphatic heterocycles. The average molecular weight is 375 g/mol. The Morgan fingerprint density at radius 3 is 2.60 bits per heavy atom. The summed E-state index contributed by atoms with van der Waals surface area (Å²) in [6.07, 6.45) is 0. The maximum absolute atomic E-state index is 6.19. The number of benzene rings is 2. The molecule has 0 bridgehead atoms. The highest BCUT2D eigenvalue weighted by atomic mass is 79.9. The maximum Gasteiger partial charge on any atom is 0.124 e. The first kappa shape index (κ1) is 15.6. The van der Waals surface area contributed by atoms with Crippen LogP contribution in [0.25, 0.3) is 0 Å². The number of hydrogen-bond donors (Lipinski definition) is 1. The first-order valence-corrected chi connectivity index (χ1v) is 7.62. The molecule has 2 aromatic rings. The van der Waals surface area contributed by atoms with Gasteiger partial charge in [-0.15, -0.1) is 0 Å². The number of ether oxygens (including phenoxy) is 1. The van der Waals surface area contributed by atoms with E-state index < -0.39 is 0 Å². The summed E-state index contributed by atoms with van der Waals surface area (Å²) < 4.78 is 6.21. The van der Waals surface area contributed by atoms with E-state index >= 15 is 0 Å². The third kappa shape index (κ3) is 3.89. The number of halogens is 3. The summed E-state index contributed by atoms with van der Waals surface area (Å²) in [5, 5.41) is 4.76. The summed E-state index contributed by atoms with van der Waals surface area (Å²) in [4.78, 5) is 0. The molecule has 0 fully saturated rings. The Morgan fingerprint density at radius 1 is 1.10 bits per heavy atom. The molecule has 5 heteroatoms. The maximum atomic E-state index is 6.19. The summed E-state index contributed by atoms with van der Waals surface area (Å²) >= 11 is 15.6. The lowest BCUT2D eigenvalue weighted by Crippen LogP contribution is -2.13. The largest absolute Gasteiger partial charge is 0.496 e. The van der Waals surface area contributed by atoms with Crippen molar-refractivity contribution in [2.24, 2.45) is 0 Å². The Labute approximate surface area is 137 Å². The van der Waals surface area contributed by atoms with Crippen molar-refractivity contribution in [3.05, 3.63) is 62.0 Å². The van der Waals surface area contributed by atoms with Crippen LogP contribution in [0.2, 0.25) is 10.0 Å². The molecule has 0 aliphatic carbocycles. The van der Waals surface area contributed by atoms with Gasteiger partial charge in [-0.2, -0.15) is 0 Å². The molecular weight excluding hydrogens is 361 g/mol. The molecule has 0 amide bonds. The molecule has 0 saturated carbocycles. The number of hydrogen-bond acceptors (Lipinski definition) is 2. The lowest BCUT2D eigenvalue weighted by Gasteiger charge is -2.11. The van der Waals surface area contributed by atoms with Crippen LogP contribution in [0.4, 0.5) is 0 Å². The molecule has 0 aromatic heterocycles. The van der Waals surface area contributed by atoms with Gasteiger partial charge in [0, 0.05) is 28.1 Å². The van der Waals surface area contributed by atoms with Gasteiger partial charge in [0.05, 0.1) is 12.1 Å². The zero-order valence-electron chi connectivity index (χ0n) is 10.9. The molecular formula is C15H14BrCl2NO. The van der Waals surface area contributed by atoms with Crippen LogP contribution in [0.15, 0.2) is 40.9 Å². The van der Waals surface area contributed by atoms with E-state index in [1.807, 2.05) is 36.4 Å². The quantitative estimate of drug-likeness (QED) is 0.790. The minimum atomic E-state index is 0.642. The van der Waals surface area contributed by atoms with Gasteiger partial charge >= 0.3 is 0 Å². The van der Waals surface area contributed by atoms with Crippen LogP contribution >= 0.6 is 39.1 Å². The number of rotatable bonds is 5. The van der Waals surface area contributed by atoms with Gasteiger partial charge in [-0.3, -0.25) is 0 Å². The molecule has 1 N–H and O–H groups in total. The third-order valence-corrected chi connectivity index (χ3v) is 4.48. The summed E-state index contributed by atoms with van der Waals surface area (Å²) in [6, 6.07) is 11.5. The van der Waals surface area contributed by atoms with Gasteiger partial charge < -0.3 is 10.1 Å². The number of methoxy groups -OCH3 is 1. The molecule has 0 heterocycles. The van der Waals surface area contributed by atoms with Gasteiger partial charge in [-0.1, -0.05) is 35.3 Å². The van der Waals surface area contributed by atoms with Gasteiger partial charge in [-0.25, -0.2) is 0 Å². The Hall–Kier alpha value is -0.740. The average Bonchev–Trinajstić information content (AvgIpc) is 2.44. The molecule has 0 spiro atoms. The highest BCUT2D eigenvalue weighted by Crippen LogP contribution is 2.26. The summed E-state index contributed by atoms with van der Waals surface area (Å²) in [6.45, 7) is 1.37. The summed E-state index contributed by atoms with van der Waals surface area (Å²) in [7, 11) is 1.64. The molecule has 0 atom stereocenters. The van der Waals surface area contributed by atoms with E-state index in [2.05, 4.69) is 21.2 Å². The van der Waals surface area contributed by atoms with Gasteiger partial charge in [0.2, 0.25) is 0 Å². The van der Waals surface area contributed by atoms with Crippen LogP contribution in [-0.4, -0.2) is 7.11 Å². The third-order valence-electron chi connectivity index (χ3n) is 2.91. The van der Waals surface area contributed by atoms with Gasteiger partial charge in [0.25, 0.3) is 0 Å². The van der Waals surface area contributed by atoms with Gasteiger partial charge in [0.1, 0.15) is 5.75 Å².